The molecule has 0 saturated carbocycles. The van der Waals surface area contributed by atoms with Gasteiger partial charge in [-0.25, -0.2) is 9.98 Å². The van der Waals surface area contributed by atoms with Crippen LogP contribution >= 0.6 is 0 Å². The molecule has 0 aromatic carbocycles. The zero-order chi connectivity index (χ0) is 20.4. The van der Waals surface area contributed by atoms with Crippen LogP contribution in [0.2, 0.25) is 0 Å². The van der Waals surface area contributed by atoms with Crippen molar-refractivity contribution in [2.45, 2.75) is 59.5 Å². The van der Waals surface area contributed by atoms with E-state index in [2.05, 4.69) is 66.2 Å². The fourth-order valence-corrected chi connectivity index (χ4v) is 3.48. The van der Waals surface area contributed by atoms with Gasteiger partial charge in [0.05, 0.1) is 6.54 Å². The number of pyridine rings is 1. The standard InChI is InChI=1S/C22H40N6/c1-6-23-22(26-19(4)10-7-9-18(2)3)25-17-20-11-8-12-24-21(20)28-15-13-27(5)14-16-28/h8,11-12,18-19H,6-7,9-10,13-17H2,1-5H3,(H2,23,25,26). The Morgan fingerprint density at radius 1 is 1.18 bits per heavy atom. The summed E-state index contributed by atoms with van der Waals surface area (Å²) in [6, 6.07) is 4.58. The molecule has 2 heterocycles. The number of rotatable bonds is 9. The molecule has 28 heavy (non-hydrogen) atoms. The summed E-state index contributed by atoms with van der Waals surface area (Å²) in [5, 5.41) is 6.95. The molecule has 6 heteroatoms. The molecule has 0 bridgehead atoms. The van der Waals surface area contributed by atoms with Crippen molar-refractivity contribution in [3.63, 3.8) is 0 Å². The number of aromatic nitrogens is 1. The molecule has 1 saturated heterocycles. The molecule has 2 rings (SSSR count). The normalized spacial score (nSPS) is 17.1. The van der Waals surface area contributed by atoms with E-state index in [0.717, 1.165) is 50.4 Å². The second-order valence-corrected chi connectivity index (χ2v) is 8.34. The Bertz CT molecular complexity index is 592. The number of hydrogen-bond donors (Lipinski definition) is 2. The Morgan fingerprint density at radius 2 is 1.93 bits per heavy atom. The fraction of sp³-hybridized carbons (Fsp3) is 0.727. The second kappa shape index (κ2) is 11.9. The molecular formula is C22H40N6. The number of hydrogen-bond acceptors (Lipinski definition) is 4. The first-order valence-corrected chi connectivity index (χ1v) is 10.9. The van der Waals surface area contributed by atoms with Crippen LogP contribution in [0.3, 0.4) is 0 Å². The molecule has 0 radical (unpaired) electrons. The zero-order valence-electron chi connectivity index (χ0n) is 18.5. The van der Waals surface area contributed by atoms with Crippen LogP contribution in [0, 0.1) is 5.92 Å². The smallest absolute Gasteiger partial charge is 0.191 e. The SMILES string of the molecule is CCNC(=NCc1cccnc1N1CCN(C)CC1)NC(C)CCCC(C)C. The summed E-state index contributed by atoms with van der Waals surface area (Å²) < 4.78 is 0. The molecule has 0 spiro atoms. The average Bonchev–Trinajstić information content (AvgIpc) is 2.67. The zero-order valence-corrected chi connectivity index (χ0v) is 18.5. The molecular weight excluding hydrogens is 348 g/mol. The lowest BCUT2D eigenvalue weighted by Crippen LogP contribution is -2.45. The van der Waals surface area contributed by atoms with Crippen molar-refractivity contribution in [1.29, 1.82) is 0 Å². The average molecular weight is 389 g/mol. The third-order valence-corrected chi connectivity index (χ3v) is 5.22. The van der Waals surface area contributed by atoms with Crippen molar-refractivity contribution < 1.29 is 0 Å². The lowest BCUT2D eigenvalue weighted by Gasteiger charge is -2.34. The number of nitrogens with zero attached hydrogens (tertiary/aromatic N) is 4. The summed E-state index contributed by atoms with van der Waals surface area (Å²) in [6.07, 6.45) is 5.59. The van der Waals surface area contributed by atoms with Crippen molar-refractivity contribution in [3.05, 3.63) is 23.9 Å². The fourth-order valence-electron chi connectivity index (χ4n) is 3.48. The highest BCUT2D eigenvalue weighted by Gasteiger charge is 2.18. The lowest BCUT2D eigenvalue weighted by molar-refractivity contribution is 0.312. The van der Waals surface area contributed by atoms with E-state index in [-0.39, 0.29) is 0 Å². The number of aliphatic imine (C=N–C) groups is 1. The van der Waals surface area contributed by atoms with Gasteiger partial charge in [-0.15, -0.1) is 0 Å². The first-order valence-electron chi connectivity index (χ1n) is 10.9. The summed E-state index contributed by atoms with van der Waals surface area (Å²) in [7, 11) is 2.18. The van der Waals surface area contributed by atoms with Gasteiger partial charge in [-0.1, -0.05) is 32.8 Å². The van der Waals surface area contributed by atoms with Crippen LogP contribution in [0.25, 0.3) is 0 Å². The number of anilines is 1. The van der Waals surface area contributed by atoms with Gasteiger partial charge >= 0.3 is 0 Å². The van der Waals surface area contributed by atoms with Crippen LogP contribution in [-0.4, -0.2) is 61.7 Å². The van der Waals surface area contributed by atoms with Gasteiger partial charge in [-0.2, -0.15) is 0 Å². The maximum Gasteiger partial charge on any atom is 0.191 e. The Kier molecular flexibility index (Phi) is 9.55. The van der Waals surface area contributed by atoms with E-state index in [0.29, 0.717) is 12.6 Å². The number of piperazine rings is 1. The summed E-state index contributed by atoms with van der Waals surface area (Å²) in [5.41, 5.74) is 1.19. The van der Waals surface area contributed by atoms with Crippen molar-refractivity contribution in [2.75, 3.05) is 44.7 Å². The van der Waals surface area contributed by atoms with Gasteiger partial charge in [0, 0.05) is 50.5 Å². The molecule has 1 aromatic heterocycles. The number of nitrogens with one attached hydrogen (secondary N) is 2. The first kappa shape index (κ1) is 22.5. The second-order valence-electron chi connectivity index (χ2n) is 8.34. The summed E-state index contributed by atoms with van der Waals surface area (Å²) in [5.74, 6) is 2.75. The third-order valence-electron chi connectivity index (χ3n) is 5.22. The van der Waals surface area contributed by atoms with Gasteiger partial charge in [0.25, 0.3) is 0 Å². The van der Waals surface area contributed by atoms with Gasteiger partial charge < -0.3 is 20.4 Å². The Hall–Kier alpha value is -1.82. The van der Waals surface area contributed by atoms with Gasteiger partial charge in [-0.05, 0) is 39.3 Å². The van der Waals surface area contributed by atoms with Gasteiger partial charge in [0.15, 0.2) is 5.96 Å². The Morgan fingerprint density at radius 3 is 2.61 bits per heavy atom. The number of guanidine groups is 1. The van der Waals surface area contributed by atoms with E-state index in [1.165, 1.54) is 24.8 Å². The van der Waals surface area contributed by atoms with E-state index in [1.807, 2.05) is 12.3 Å². The van der Waals surface area contributed by atoms with Crippen molar-refractivity contribution in [3.8, 4) is 0 Å². The molecule has 1 aliphatic heterocycles. The quantitative estimate of drug-likeness (QED) is 0.503. The third kappa shape index (κ3) is 7.66. The molecule has 1 fully saturated rings. The molecule has 1 atom stereocenters. The predicted octanol–water partition coefficient (Wildman–Crippen LogP) is 3.10. The highest BCUT2D eigenvalue weighted by Crippen LogP contribution is 2.19. The first-order chi connectivity index (χ1) is 13.5. The van der Waals surface area contributed by atoms with E-state index in [9.17, 15) is 0 Å². The van der Waals surface area contributed by atoms with E-state index in [1.54, 1.807) is 0 Å². The van der Waals surface area contributed by atoms with Gasteiger partial charge in [0.1, 0.15) is 5.82 Å². The van der Waals surface area contributed by atoms with Gasteiger partial charge in [-0.3, -0.25) is 0 Å². The molecule has 6 nitrogen and oxygen atoms in total. The topological polar surface area (TPSA) is 55.8 Å². The van der Waals surface area contributed by atoms with Crippen LogP contribution < -0.4 is 15.5 Å². The molecule has 0 amide bonds. The summed E-state index contributed by atoms with van der Waals surface area (Å²) in [4.78, 5) is 14.3. The van der Waals surface area contributed by atoms with E-state index >= 15 is 0 Å². The van der Waals surface area contributed by atoms with Crippen LogP contribution in [0.5, 0.6) is 0 Å². The largest absolute Gasteiger partial charge is 0.357 e. The van der Waals surface area contributed by atoms with Crippen LogP contribution in [0.1, 0.15) is 52.5 Å². The van der Waals surface area contributed by atoms with Gasteiger partial charge in [0.2, 0.25) is 0 Å². The minimum atomic E-state index is 0.419. The monoisotopic (exact) mass is 388 g/mol. The summed E-state index contributed by atoms with van der Waals surface area (Å²) >= 11 is 0. The number of likely N-dealkylation sites (N-methyl/N-ethyl adjacent to an activating group) is 1. The summed E-state index contributed by atoms with van der Waals surface area (Å²) in [6.45, 7) is 14.6. The van der Waals surface area contributed by atoms with Crippen molar-refractivity contribution >= 4 is 11.8 Å². The molecule has 1 aromatic rings. The van der Waals surface area contributed by atoms with Crippen molar-refractivity contribution in [1.82, 2.24) is 20.5 Å². The molecule has 0 aliphatic carbocycles. The predicted molar refractivity (Wildman–Crippen MR) is 120 cm³/mol. The Balaban J connectivity index is 1.98. The maximum atomic E-state index is 4.85. The molecule has 158 valence electrons. The Labute approximate surface area is 171 Å². The van der Waals surface area contributed by atoms with Crippen LogP contribution in [0.4, 0.5) is 5.82 Å². The molecule has 2 N–H and O–H groups in total. The van der Waals surface area contributed by atoms with Crippen molar-refractivity contribution in [2.24, 2.45) is 10.9 Å². The highest BCUT2D eigenvalue weighted by atomic mass is 15.3. The minimum absolute atomic E-state index is 0.419. The van der Waals surface area contributed by atoms with E-state index < -0.39 is 0 Å². The van der Waals surface area contributed by atoms with Crippen LogP contribution in [-0.2, 0) is 6.54 Å². The highest BCUT2D eigenvalue weighted by molar-refractivity contribution is 5.80. The molecule has 1 aliphatic rings. The lowest BCUT2D eigenvalue weighted by atomic mass is 10.0. The molecule has 1 unspecified atom stereocenters. The minimum Gasteiger partial charge on any atom is -0.357 e. The van der Waals surface area contributed by atoms with Crippen LogP contribution in [0.15, 0.2) is 23.3 Å². The van der Waals surface area contributed by atoms with E-state index in [4.69, 9.17) is 4.99 Å². The maximum absolute atomic E-state index is 4.85.